The van der Waals surface area contributed by atoms with Gasteiger partial charge in [-0.3, -0.25) is 0 Å². The standard InChI is InChI=1S/C20H19N3O2S/c1-14-4-3-5-17(12-14)25-19-11-8-16(13-21-19)23-20(24)22-15-6-9-18(26-2)10-7-15/h3-13H,1-2H3,(H2,22,23,24). The quantitative estimate of drug-likeness (QED) is 0.582. The van der Waals surface area contributed by atoms with Crippen molar-refractivity contribution in [2.45, 2.75) is 11.8 Å². The van der Waals surface area contributed by atoms with E-state index in [1.54, 1.807) is 30.1 Å². The molecule has 2 N–H and O–H groups in total. The minimum Gasteiger partial charge on any atom is -0.439 e. The number of pyridine rings is 1. The number of urea groups is 1. The van der Waals surface area contributed by atoms with E-state index in [4.69, 9.17) is 4.74 Å². The number of carbonyl (C=O) groups is 1. The predicted molar refractivity (Wildman–Crippen MR) is 106 cm³/mol. The van der Waals surface area contributed by atoms with E-state index in [0.29, 0.717) is 11.6 Å². The maximum Gasteiger partial charge on any atom is 0.323 e. The van der Waals surface area contributed by atoms with Crippen LogP contribution in [0.5, 0.6) is 11.6 Å². The number of benzene rings is 2. The fraction of sp³-hybridized carbons (Fsp3) is 0.100. The van der Waals surface area contributed by atoms with E-state index in [1.165, 1.54) is 0 Å². The summed E-state index contributed by atoms with van der Waals surface area (Å²) in [4.78, 5) is 17.4. The molecule has 0 aliphatic carbocycles. The van der Waals surface area contributed by atoms with Crippen LogP contribution in [0.4, 0.5) is 16.2 Å². The molecule has 0 spiro atoms. The molecule has 0 fully saturated rings. The first-order valence-electron chi connectivity index (χ1n) is 8.05. The van der Waals surface area contributed by atoms with Gasteiger partial charge in [-0.25, -0.2) is 9.78 Å². The van der Waals surface area contributed by atoms with Gasteiger partial charge >= 0.3 is 6.03 Å². The lowest BCUT2D eigenvalue weighted by molar-refractivity contribution is 0.262. The number of rotatable bonds is 5. The van der Waals surface area contributed by atoms with Crippen molar-refractivity contribution in [3.63, 3.8) is 0 Å². The zero-order valence-electron chi connectivity index (χ0n) is 14.5. The summed E-state index contributed by atoms with van der Waals surface area (Å²) in [5.41, 5.74) is 2.43. The van der Waals surface area contributed by atoms with Crippen molar-refractivity contribution in [3.8, 4) is 11.6 Å². The lowest BCUT2D eigenvalue weighted by Crippen LogP contribution is -2.19. The average molecular weight is 365 g/mol. The van der Waals surface area contributed by atoms with Gasteiger partial charge in [0.05, 0.1) is 11.9 Å². The SMILES string of the molecule is CSc1ccc(NC(=O)Nc2ccc(Oc3cccc(C)c3)nc2)cc1. The average Bonchev–Trinajstić information content (AvgIpc) is 2.64. The van der Waals surface area contributed by atoms with Crippen LogP contribution in [-0.2, 0) is 0 Å². The van der Waals surface area contributed by atoms with Crippen LogP contribution in [0.2, 0.25) is 0 Å². The summed E-state index contributed by atoms with van der Waals surface area (Å²) in [5.74, 6) is 1.19. The molecule has 0 aliphatic heterocycles. The van der Waals surface area contributed by atoms with E-state index in [0.717, 1.165) is 21.9 Å². The van der Waals surface area contributed by atoms with Gasteiger partial charge in [-0.15, -0.1) is 11.8 Å². The normalized spacial score (nSPS) is 10.2. The Morgan fingerprint density at radius 3 is 2.38 bits per heavy atom. The Morgan fingerprint density at radius 1 is 1.00 bits per heavy atom. The van der Waals surface area contributed by atoms with Crippen LogP contribution >= 0.6 is 11.8 Å². The van der Waals surface area contributed by atoms with E-state index >= 15 is 0 Å². The molecule has 3 rings (SSSR count). The van der Waals surface area contributed by atoms with Gasteiger partial charge in [0.15, 0.2) is 0 Å². The predicted octanol–water partition coefficient (Wildman–Crippen LogP) is 5.55. The largest absolute Gasteiger partial charge is 0.439 e. The monoisotopic (exact) mass is 365 g/mol. The van der Waals surface area contributed by atoms with Gasteiger partial charge in [0.2, 0.25) is 5.88 Å². The van der Waals surface area contributed by atoms with Crippen molar-refractivity contribution in [1.29, 1.82) is 0 Å². The summed E-state index contributed by atoms with van der Waals surface area (Å²) in [5, 5.41) is 5.53. The molecular weight excluding hydrogens is 346 g/mol. The Bertz CT molecular complexity index is 880. The maximum absolute atomic E-state index is 12.1. The van der Waals surface area contributed by atoms with Crippen LogP contribution in [0.15, 0.2) is 71.8 Å². The molecule has 132 valence electrons. The van der Waals surface area contributed by atoms with E-state index in [1.807, 2.05) is 61.7 Å². The second kappa shape index (κ2) is 8.40. The van der Waals surface area contributed by atoms with Crippen molar-refractivity contribution in [1.82, 2.24) is 4.98 Å². The molecule has 0 aliphatic rings. The summed E-state index contributed by atoms with van der Waals surface area (Å²) in [7, 11) is 0. The van der Waals surface area contributed by atoms with Crippen molar-refractivity contribution in [3.05, 3.63) is 72.4 Å². The van der Waals surface area contributed by atoms with Crippen molar-refractivity contribution >= 4 is 29.2 Å². The van der Waals surface area contributed by atoms with Crippen LogP contribution < -0.4 is 15.4 Å². The number of ether oxygens (including phenoxy) is 1. The van der Waals surface area contributed by atoms with Gasteiger partial charge in [0.1, 0.15) is 5.75 Å². The first-order chi connectivity index (χ1) is 12.6. The van der Waals surface area contributed by atoms with Gasteiger partial charge in [-0.1, -0.05) is 12.1 Å². The molecule has 1 aromatic heterocycles. The third-order valence-corrected chi connectivity index (χ3v) is 4.30. The smallest absolute Gasteiger partial charge is 0.323 e. The van der Waals surface area contributed by atoms with Crippen LogP contribution in [0.1, 0.15) is 5.56 Å². The third-order valence-electron chi connectivity index (χ3n) is 3.55. The van der Waals surface area contributed by atoms with Gasteiger partial charge in [0, 0.05) is 16.6 Å². The van der Waals surface area contributed by atoms with Crippen LogP contribution in [0.3, 0.4) is 0 Å². The fourth-order valence-electron chi connectivity index (χ4n) is 2.28. The fourth-order valence-corrected chi connectivity index (χ4v) is 2.69. The Hall–Kier alpha value is -2.99. The molecule has 3 aromatic rings. The zero-order valence-corrected chi connectivity index (χ0v) is 15.3. The van der Waals surface area contributed by atoms with Crippen molar-refractivity contribution < 1.29 is 9.53 Å². The minimum absolute atomic E-state index is 0.323. The first-order valence-corrected chi connectivity index (χ1v) is 9.27. The van der Waals surface area contributed by atoms with Crippen LogP contribution in [0, 0.1) is 6.92 Å². The van der Waals surface area contributed by atoms with Gasteiger partial charge < -0.3 is 15.4 Å². The second-order valence-electron chi connectivity index (χ2n) is 5.61. The number of anilines is 2. The van der Waals surface area contributed by atoms with Gasteiger partial charge in [-0.2, -0.15) is 0 Å². The highest BCUT2D eigenvalue weighted by atomic mass is 32.2. The number of aryl methyl sites for hydroxylation is 1. The Kier molecular flexibility index (Phi) is 5.76. The molecule has 0 bridgehead atoms. The molecule has 26 heavy (non-hydrogen) atoms. The third kappa shape index (κ3) is 5.00. The minimum atomic E-state index is -0.323. The van der Waals surface area contributed by atoms with Crippen molar-refractivity contribution in [2.24, 2.45) is 0 Å². The molecule has 0 atom stereocenters. The highest BCUT2D eigenvalue weighted by molar-refractivity contribution is 7.98. The number of nitrogens with zero attached hydrogens (tertiary/aromatic N) is 1. The van der Waals surface area contributed by atoms with Gasteiger partial charge in [-0.05, 0) is 61.2 Å². The summed E-state index contributed by atoms with van der Waals surface area (Å²) < 4.78 is 5.70. The Morgan fingerprint density at radius 2 is 1.73 bits per heavy atom. The molecule has 1 heterocycles. The molecule has 2 aromatic carbocycles. The van der Waals surface area contributed by atoms with Crippen LogP contribution in [-0.4, -0.2) is 17.3 Å². The number of hydrogen-bond donors (Lipinski definition) is 2. The number of aromatic nitrogens is 1. The zero-order chi connectivity index (χ0) is 18.4. The highest BCUT2D eigenvalue weighted by Crippen LogP contribution is 2.21. The molecule has 0 saturated carbocycles. The van der Waals surface area contributed by atoms with Crippen molar-refractivity contribution in [2.75, 3.05) is 16.9 Å². The van der Waals surface area contributed by atoms with E-state index < -0.39 is 0 Å². The molecule has 6 heteroatoms. The van der Waals surface area contributed by atoms with Crippen LogP contribution in [0.25, 0.3) is 0 Å². The lowest BCUT2D eigenvalue weighted by atomic mass is 10.2. The number of carbonyl (C=O) groups excluding carboxylic acids is 1. The summed E-state index contributed by atoms with van der Waals surface area (Å²) in [6.07, 6.45) is 3.57. The molecule has 2 amide bonds. The number of hydrogen-bond acceptors (Lipinski definition) is 4. The Balaban J connectivity index is 1.57. The number of thioether (sulfide) groups is 1. The second-order valence-corrected chi connectivity index (χ2v) is 6.49. The summed E-state index contributed by atoms with van der Waals surface area (Å²) >= 11 is 1.65. The summed E-state index contributed by atoms with van der Waals surface area (Å²) in [6.45, 7) is 2.00. The maximum atomic E-state index is 12.1. The lowest BCUT2D eigenvalue weighted by Gasteiger charge is -2.09. The first kappa shape index (κ1) is 17.8. The van der Waals surface area contributed by atoms with E-state index in [-0.39, 0.29) is 6.03 Å². The Labute approximate surface area is 156 Å². The molecule has 0 radical (unpaired) electrons. The molecular formula is C20H19N3O2S. The highest BCUT2D eigenvalue weighted by Gasteiger charge is 2.05. The van der Waals surface area contributed by atoms with Gasteiger partial charge in [0.25, 0.3) is 0 Å². The van der Waals surface area contributed by atoms with E-state index in [9.17, 15) is 4.79 Å². The number of nitrogens with one attached hydrogen (secondary N) is 2. The topological polar surface area (TPSA) is 63.2 Å². The summed E-state index contributed by atoms with van der Waals surface area (Å²) in [6, 6.07) is 18.5. The number of amides is 2. The molecule has 0 saturated heterocycles. The molecule has 0 unspecified atom stereocenters. The van der Waals surface area contributed by atoms with E-state index in [2.05, 4.69) is 15.6 Å². The molecule has 5 nitrogen and oxygen atoms in total.